The summed E-state index contributed by atoms with van der Waals surface area (Å²) in [5.74, 6) is 1.30. The second kappa shape index (κ2) is 16.9. The second-order valence-electron chi connectivity index (χ2n) is 12.2. The van der Waals surface area contributed by atoms with Crippen molar-refractivity contribution in [2.24, 2.45) is 5.92 Å². The SMILES string of the molecule is CSCC[C@@H]1NC(=O)CCCN(C(=O)c2ccc(NCc3ccncc3)cc2)CCn2nc(-c3ccccc3)nc2[C@@H](C(C)C)NC1=O. The van der Waals surface area contributed by atoms with Crippen LogP contribution in [0.1, 0.15) is 60.9 Å². The van der Waals surface area contributed by atoms with Crippen LogP contribution in [0.2, 0.25) is 0 Å². The van der Waals surface area contributed by atoms with Crippen molar-refractivity contribution in [3.63, 3.8) is 0 Å². The molecule has 1 aliphatic rings. The highest BCUT2D eigenvalue weighted by atomic mass is 32.2. The van der Waals surface area contributed by atoms with E-state index in [2.05, 4.69) is 20.9 Å². The van der Waals surface area contributed by atoms with Crippen LogP contribution in [0.25, 0.3) is 11.4 Å². The van der Waals surface area contributed by atoms with Gasteiger partial charge in [-0.25, -0.2) is 9.67 Å². The van der Waals surface area contributed by atoms with Crippen LogP contribution in [0.3, 0.4) is 0 Å². The highest BCUT2D eigenvalue weighted by Gasteiger charge is 2.30. The van der Waals surface area contributed by atoms with E-state index in [1.807, 2.05) is 91.5 Å². The largest absolute Gasteiger partial charge is 0.381 e. The van der Waals surface area contributed by atoms with E-state index >= 15 is 0 Å². The van der Waals surface area contributed by atoms with Crippen molar-refractivity contribution in [1.82, 2.24) is 35.3 Å². The highest BCUT2D eigenvalue weighted by Crippen LogP contribution is 2.25. The Bertz CT molecular complexity index is 1650. The Morgan fingerprint density at radius 1 is 0.979 bits per heavy atom. The fourth-order valence-corrected chi connectivity index (χ4v) is 6.06. The zero-order valence-corrected chi connectivity index (χ0v) is 28.6. The number of thioether (sulfide) groups is 1. The third kappa shape index (κ3) is 9.21. The maximum Gasteiger partial charge on any atom is 0.253 e. The summed E-state index contributed by atoms with van der Waals surface area (Å²) in [6, 6.07) is 19.9. The molecule has 0 aliphatic carbocycles. The molecule has 252 valence electrons. The number of nitrogens with zero attached hydrogens (tertiary/aromatic N) is 5. The second-order valence-corrected chi connectivity index (χ2v) is 13.2. The van der Waals surface area contributed by atoms with Crippen LogP contribution in [0.5, 0.6) is 0 Å². The molecule has 0 fully saturated rings. The van der Waals surface area contributed by atoms with Crippen molar-refractivity contribution in [3.05, 3.63) is 96.1 Å². The lowest BCUT2D eigenvalue weighted by molar-refractivity contribution is -0.129. The fraction of sp³-hybridized carbons (Fsp3) is 0.389. The van der Waals surface area contributed by atoms with Crippen molar-refractivity contribution < 1.29 is 14.4 Å². The minimum absolute atomic E-state index is 0.0197. The summed E-state index contributed by atoms with van der Waals surface area (Å²) in [5.41, 5.74) is 3.43. The van der Waals surface area contributed by atoms with Gasteiger partial charge in [0.1, 0.15) is 6.04 Å². The summed E-state index contributed by atoms with van der Waals surface area (Å²) in [6.07, 6.45) is 6.65. The predicted molar refractivity (Wildman–Crippen MR) is 189 cm³/mol. The molecule has 3 heterocycles. The van der Waals surface area contributed by atoms with Gasteiger partial charge in [0.2, 0.25) is 11.8 Å². The number of hydrogen-bond donors (Lipinski definition) is 3. The molecule has 2 aromatic heterocycles. The van der Waals surface area contributed by atoms with Crippen molar-refractivity contribution in [1.29, 1.82) is 0 Å². The van der Waals surface area contributed by atoms with Crippen LogP contribution in [0.15, 0.2) is 79.1 Å². The monoisotopic (exact) mass is 668 g/mol. The minimum Gasteiger partial charge on any atom is -0.381 e. The first kappa shape index (κ1) is 34.6. The number of fused-ring (bicyclic) bond motifs is 1. The zero-order chi connectivity index (χ0) is 33.9. The number of carbonyl (C=O) groups is 3. The first-order valence-corrected chi connectivity index (χ1v) is 17.8. The molecular formula is C36H44N8O3S. The Morgan fingerprint density at radius 3 is 2.44 bits per heavy atom. The molecular weight excluding hydrogens is 625 g/mol. The number of amides is 3. The van der Waals surface area contributed by atoms with E-state index in [1.165, 1.54) is 0 Å². The van der Waals surface area contributed by atoms with Gasteiger partial charge in [-0.2, -0.15) is 16.9 Å². The van der Waals surface area contributed by atoms with Crippen molar-refractivity contribution in [2.75, 3.05) is 30.4 Å². The molecule has 11 nitrogen and oxygen atoms in total. The zero-order valence-electron chi connectivity index (χ0n) is 27.8. The summed E-state index contributed by atoms with van der Waals surface area (Å²) in [5, 5.41) is 14.4. The minimum atomic E-state index is -0.678. The highest BCUT2D eigenvalue weighted by molar-refractivity contribution is 7.98. The smallest absolute Gasteiger partial charge is 0.253 e. The number of nitrogens with one attached hydrogen (secondary N) is 3. The number of pyridine rings is 1. The van der Waals surface area contributed by atoms with Gasteiger partial charge >= 0.3 is 0 Å². The summed E-state index contributed by atoms with van der Waals surface area (Å²) in [4.78, 5) is 51.4. The van der Waals surface area contributed by atoms with Gasteiger partial charge in [-0.05, 0) is 72.7 Å². The Kier molecular flexibility index (Phi) is 12.2. The number of anilines is 1. The van der Waals surface area contributed by atoms with Crippen molar-refractivity contribution in [2.45, 2.75) is 58.3 Å². The third-order valence-corrected chi connectivity index (χ3v) is 8.96. The molecule has 0 saturated heterocycles. The van der Waals surface area contributed by atoms with E-state index in [0.29, 0.717) is 56.2 Å². The van der Waals surface area contributed by atoms with Crippen LogP contribution in [-0.4, -0.2) is 73.5 Å². The molecule has 2 aromatic carbocycles. The van der Waals surface area contributed by atoms with Gasteiger partial charge in [-0.15, -0.1) is 0 Å². The summed E-state index contributed by atoms with van der Waals surface area (Å²) in [7, 11) is 0. The Morgan fingerprint density at radius 2 is 1.73 bits per heavy atom. The van der Waals surface area contributed by atoms with Crippen molar-refractivity contribution >= 4 is 35.2 Å². The number of aromatic nitrogens is 4. The van der Waals surface area contributed by atoms with E-state index in [4.69, 9.17) is 10.1 Å². The van der Waals surface area contributed by atoms with Gasteiger partial charge in [-0.3, -0.25) is 19.4 Å². The summed E-state index contributed by atoms with van der Waals surface area (Å²) in [6.45, 7) is 5.78. The predicted octanol–water partition coefficient (Wildman–Crippen LogP) is 4.94. The van der Waals surface area contributed by atoms with Crippen molar-refractivity contribution in [3.8, 4) is 11.4 Å². The molecule has 5 rings (SSSR count). The lowest BCUT2D eigenvalue weighted by Crippen LogP contribution is -2.49. The summed E-state index contributed by atoms with van der Waals surface area (Å²) >= 11 is 1.63. The van der Waals surface area contributed by atoms with E-state index in [-0.39, 0.29) is 30.1 Å². The van der Waals surface area contributed by atoms with E-state index in [0.717, 1.165) is 22.6 Å². The summed E-state index contributed by atoms with van der Waals surface area (Å²) < 4.78 is 1.82. The lowest BCUT2D eigenvalue weighted by Gasteiger charge is -2.28. The molecule has 2 atom stereocenters. The first-order chi connectivity index (χ1) is 23.3. The fourth-order valence-electron chi connectivity index (χ4n) is 5.59. The average molecular weight is 669 g/mol. The maximum atomic E-state index is 13.9. The Balaban J connectivity index is 1.42. The maximum absolute atomic E-state index is 13.9. The molecule has 0 spiro atoms. The van der Waals surface area contributed by atoms with Gasteiger partial charge in [-0.1, -0.05) is 44.2 Å². The topological polar surface area (TPSA) is 134 Å². The molecule has 12 heteroatoms. The molecule has 0 saturated carbocycles. The molecule has 3 amide bonds. The van der Waals surface area contributed by atoms with Gasteiger partial charge in [0.15, 0.2) is 11.6 Å². The number of carbonyl (C=O) groups excluding carboxylic acids is 3. The van der Waals surface area contributed by atoms with Crippen LogP contribution >= 0.6 is 11.8 Å². The first-order valence-electron chi connectivity index (χ1n) is 16.4. The van der Waals surface area contributed by atoms with Gasteiger partial charge in [0.25, 0.3) is 5.91 Å². The molecule has 4 aromatic rings. The number of hydrogen-bond acceptors (Lipinski definition) is 8. The van der Waals surface area contributed by atoms with E-state index in [1.54, 1.807) is 29.1 Å². The van der Waals surface area contributed by atoms with Gasteiger partial charge in [0.05, 0.1) is 12.6 Å². The normalized spacial score (nSPS) is 17.6. The van der Waals surface area contributed by atoms with Crippen LogP contribution < -0.4 is 16.0 Å². The van der Waals surface area contributed by atoms with Gasteiger partial charge < -0.3 is 20.9 Å². The molecule has 1 aliphatic heterocycles. The van der Waals surface area contributed by atoms with Crippen LogP contribution in [0, 0.1) is 5.92 Å². The molecule has 3 N–H and O–H groups in total. The lowest BCUT2D eigenvalue weighted by atomic mass is 10.0. The van der Waals surface area contributed by atoms with E-state index < -0.39 is 12.1 Å². The molecule has 0 bridgehead atoms. The van der Waals surface area contributed by atoms with Crippen LogP contribution in [0.4, 0.5) is 5.69 Å². The van der Waals surface area contributed by atoms with Crippen LogP contribution in [-0.2, 0) is 22.7 Å². The standard InChI is InChI=1S/C36H44N8O3S/c1-25(2)32-34-41-33(27-8-5-4-6-9-27)42-44(34)22-21-43(20-7-10-31(45)39-30(17-23-48-3)35(46)40-32)36(47)28-11-13-29(14-12-28)38-24-26-15-18-37-19-16-26/h4-6,8-9,11-16,18-19,25,30,32,38H,7,10,17,20-24H2,1-3H3,(H,39,45)(H,40,46)/t30-,32+/m0/s1. The third-order valence-electron chi connectivity index (χ3n) is 8.32. The average Bonchev–Trinajstić information content (AvgIpc) is 3.53. The Labute approximate surface area is 286 Å². The molecule has 0 unspecified atom stereocenters. The van der Waals surface area contributed by atoms with Gasteiger partial charge in [0, 0.05) is 55.3 Å². The molecule has 48 heavy (non-hydrogen) atoms. The molecule has 0 radical (unpaired) electrons. The number of rotatable bonds is 9. The Hall–Kier alpha value is -4.71. The number of benzene rings is 2. The quantitative estimate of drug-likeness (QED) is 0.229. The van der Waals surface area contributed by atoms with E-state index in [9.17, 15) is 14.4 Å².